The summed E-state index contributed by atoms with van der Waals surface area (Å²) < 4.78 is 20.1. The van der Waals surface area contributed by atoms with E-state index in [1.54, 1.807) is 0 Å². The van der Waals surface area contributed by atoms with Crippen LogP contribution in [0.2, 0.25) is 0 Å². The van der Waals surface area contributed by atoms with Crippen molar-refractivity contribution in [2.24, 2.45) is 0 Å². The SMILES string of the molecule is CCc1cccc(C2(COSC)CCCC2)c1F. The molecular weight excluding hydrogens is 247 g/mol. The van der Waals surface area contributed by atoms with Crippen molar-refractivity contribution in [2.75, 3.05) is 12.9 Å². The normalized spacial score (nSPS) is 18.2. The lowest BCUT2D eigenvalue weighted by Gasteiger charge is -2.29. The van der Waals surface area contributed by atoms with Gasteiger partial charge in [0, 0.05) is 11.7 Å². The minimum absolute atomic E-state index is 0.00777. The summed E-state index contributed by atoms with van der Waals surface area (Å²) in [5, 5.41) is 0. The van der Waals surface area contributed by atoms with Gasteiger partial charge in [0.15, 0.2) is 0 Å². The van der Waals surface area contributed by atoms with Crippen LogP contribution in [-0.4, -0.2) is 12.9 Å². The molecule has 0 N–H and O–H groups in total. The fourth-order valence-electron chi connectivity index (χ4n) is 2.98. The Morgan fingerprint density at radius 1 is 1.33 bits per heavy atom. The van der Waals surface area contributed by atoms with Crippen LogP contribution in [0.1, 0.15) is 43.7 Å². The van der Waals surface area contributed by atoms with Crippen molar-refractivity contribution in [2.45, 2.75) is 44.4 Å². The molecule has 1 nitrogen and oxygen atoms in total. The van der Waals surface area contributed by atoms with Gasteiger partial charge in [-0.1, -0.05) is 38.0 Å². The molecule has 0 amide bonds. The first-order valence-electron chi connectivity index (χ1n) is 6.67. The highest BCUT2D eigenvalue weighted by Gasteiger charge is 2.38. The zero-order chi connectivity index (χ0) is 13.0. The number of hydrogen-bond acceptors (Lipinski definition) is 2. The average Bonchev–Trinajstić information content (AvgIpc) is 2.86. The molecule has 0 aromatic heterocycles. The first-order chi connectivity index (χ1) is 8.73. The van der Waals surface area contributed by atoms with E-state index >= 15 is 0 Å². The molecular formula is C15H21FOS. The Morgan fingerprint density at radius 3 is 2.67 bits per heavy atom. The first-order valence-corrected chi connectivity index (χ1v) is 7.82. The van der Waals surface area contributed by atoms with E-state index in [1.807, 2.05) is 31.4 Å². The van der Waals surface area contributed by atoms with Gasteiger partial charge in [0.25, 0.3) is 0 Å². The maximum absolute atomic E-state index is 14.5. The zero-order valence-electron chi connectivity index (χ0n) is 11.2. The van der Waals surface area contributed by atoms with Gasteiger partial charge in [0.2, 0.25) is 0 Å². The molecule has 1 aliphatic carbocycles. The van der Waals surface area contributed by atoms with Gasteiger partial charge in [0.1, 0.15) is 5.82 Å². The molecule has 0 atom stereocenters. The highest BCUT2D eigenvalue weighted by atomic mass is 32.2. The molecule has 1 aliphatic rings. The second-order valence-corrected chi connectivity index (χ2v) is 5.62. The molecule has 1 saturated carbocycles. The number of halogens is 1. The third-order valence-corrected chi connectivity index (χ3v) is 4.40. The van der Waals surface area contributed by atoms with Gasteiger partial charge in [-0.2, -0.15) is 0 Å². The molecule has 0 spiro atoms. The molecule has 100 valence electrons. The maximum Gasteiger partial charge on any atom is 0.130 e. The van der Waals surface area contributed by atoms with Crippen LogP contribution < -0.4 is 0 Å². The van der Waals surface area contributed by atoms with Crippen LogP contribution in [0.4, 0.5) is 4.39 Å². The molecule has 0 saturated heterocycles. The Balaban J connectivity index is 2.36. The largest absolute Gasteiger partial charge is 0.315 e. The third-order valence-electron chi connectivity index (χ3n) is 4.04. The predicted molar refractivity (Wildman–Crippen MR) is 75.4 cm³/mol. The summed E-state index contributed by atoms with van der Waals surface area (Å²) in [7, 11) is 0. The van der Waals surface area contributed by atoms with E-state index in [1.165, 1.54) is 24.9 Å². The van der Waals surface area contributed by atoms with Crippen molar-refractivity contribution < 1.29 is 8.57 Å². The van der Waals surface area contributed by atoms with Crippen LogP contribution in [0.5, 0.6) is 0 Å². The zero-order valence-corrected chi connectivity index (χ0v) is 12.0. The van der Waals surface area contributed by atoms with Crippen LogP contribution in [-0.2, 0) is 16.0 Å². The highest BCUT2D eigenvalue weighted by Crippen LogP contribution is 2.43. The Labute approximate surface area is 113 Å². The maximum atomic E-state index is 14.5. The molecule has 0 aliphatic heterocycles. The topological polar surface area (TPSA) is 9.23 Å². The predicted octanol–water partition coefficient (Wildman–Crippen LogP) is 4.49. The van der Waals surface area contributed by atoms with Gasteiger partial charge in [0.05, 0.1) is 6.61 Å². The molecule has 2 rings (SSSR count). The molecule has 18 heavy (non-hydrogen) atoms. The molecule has 3 heteroatoms. The van der Waals surface area contributed by atoms with Gasteiger partial charge >= 0.3 is 0 Å². The lowest BCUT2D eigenvalue weighted by Crippen LogP contribution is -2.29. The lowest BCUT2D eigenvalue weighted by molar-refractivity contribution is 0.243. The second-order valence-electron chi connectivity index (χ2n) is 5.05. The summed E-state index contributed by atoms with van der Waals surface area (Å²) in [6.07, 6.45) is 7.09. The van der Waals surface area contributed by atoms with E-state index in [-0.39, 0.29) is 11.2 Å². The summed E-state index contributed by atoms with van der Waals surface area (Å²) in [4.78, 5) is 0. The lowest BCUT2D eigenvalue weighted by atomic mass is 9.78. The van der Waals surface area contributed by atoms with Crippen molar-refractivity contribution >= 4 is 12.0 Å². The van der Waals surface area contributed by atoms with Gasteiger partial charge in [-0.3, -0.25) is 0 Å². The first kappa shape index (κ1) is 13.9. The summed E-state index contributed by atoms with van der Waals surface area (Å²) in [6, 6.07) is 5.82. The van der Waals surface area contributed by atoms with Crippen LogP contribution in [0, 0.1) is 5.82 Å². The van der Waals surface area contributed by atoms with Gasteiger partial charge in [-0.15, -0.1) is 0 Å². The minimum atomic E-state index is -0.0989. The van der Waals surface area contributed by atoms with Crippen molar-refractivity contribution in [1.29, 1.82) is 0 Å². The summed E-state index contributed by atoms with van der Waals surface area (Å²) in [6.45, 7) is 2.63. The van der Waals surface area contributed by atoms with Crippen molar-refractivity contribution in [3.8, 4) is 0 Å². The Kier molecular flexibility index (Phi) is 4.68. The van der Waals surface area contributed by atoms with Crippen LogP contribution >= 0.6 is 12.0 Å². The minimum Gasteiger partial charge on any atom is -0.315 e. The van der Waals surface area contributed by atoms with Crippen LogP contribution in [0.15, 0.2) is 18.2 Å². The smallest absolute Gasteiger partial charge is 0.130 e. The van der Waals surface area contributed by atoms with E-state index in [4.69, 9.17) is 4.18 Å². The van der Waals surface area contributed by atoms with Crippen LogP contribution in [0.3, 0.4) is 0 Å². The monoisotopic (exact) mass is 268 g/mol. The third kappa shape index (κ3) is 2.57. The number of rotatable bonds is 5. The fourth-order valence-corrected chi connectivity index (χ4v) is 3.32. The summed E-state index contributed by atoms with van der Waals surface area (Å²) in [5.74, 6) is -0.00777. The summed E-state index contributed by atoms with van der Waals surface area (Å²) >= 11 is 1.38. The standard InChI is InChI=1S/C15H21FOS/c1-3-12-7-6-8-13(14(12)16)15(11-17-18-2)9-4-5-10-15/h6-8H,3-5,9-11H2,1-2H3. The molecule has 0 heterocycles. The fraction of sp³-hybridized carbons (Fsp3) is 0.600. The van der Waals surface area contributed by atoms with Gasteiger partial charge in [-0.25, -0.2) is 4.39 Å². The van der Waals surface area contributed by atoms with E-state index in [2.05, 4.69) is 0 Å². The number of benzene rings is 1. The van der Waals surface area contributed by atoms with E-state index < -0.39 is 0 Å². The average molecular weight is 268 g/mol. The molecule has 1 fully saturated rings. The number of aryl methyl sites for hydroxylation is 1. The molecule has 1 aromatic carbocycles. The van der Waals surface area contributed by atoms with E-state index in [0.717, 1.165) is 30.4 Å². The van der Waals surface area contributed by atoms with Gasteiger partial charge in [-0.05, 0) is 42.4 Å². The Morgan fingerprint density at radius 2 is 2.06 bits per heavy atom. The molecule has 1 aromatic rings. The molecule has 0 unspecified atom stereocenters. The Hall–Kier alpha value is -0.540. The summed E-state index contributed by atoms with van der Waals surface area (Å²) in [5.41, 5.74) is 1.59. The highest BCUT2D eigenvalue weighted by molar-refractivity contribution is 7.93. The second kappa shape index (κ2) is 6.07. The van der Waals surface area contributed by atoms with Gasteiger partial charge < -0.3 is 4.18 Å². The van der Waals surface area contributed by atoms with Crippen LogP contribution in [0.25, 0.3) is 0 Å². The van der Waals surface area contributed by atoms with E-state index in [0.29, 0.717) is 6.61 Å². The van der Waals surface area contributed by atoms with E-state index in [9.17, 15) is 4.39 Å². The molecule has 0 bridgehead atoms. The van der Waals surface area contributed by atoms with Crippen molar-refractivity contribution in [3.63, 3.8) is 0 Å². The molecule has 0 radical (unpaired) electrons. The number of hydrogen-bond donors (Lipinski definition) is 0. The van der Waals surface area contributed by atoms with Crippen molar-refractivity contribution in [3.05, 3.63) is 35.1 Å². The van der Waals surface area contributed by atoms with Crippen molar-refractivity contribution in [1.82, 2.24) is 0 Å². The Bertz CT molecular complexity index is 399. The quantitative estimate of drug-likeness (QED) is 0.727.